The molecule has 5 rings (SSSR count). The van der Waals surface area contributed by atoms with Crippen LogP contribution in [0.3, 0.4) is 0 Å². The second-order valence-electron chi connectivity index (χ2n) is 9.54. The lowest BCUT2D eigenvalue weighted by molar-refractivity contribution is 0.360. The molecule has 0 saturated heterocycles. The van der Waals surface area contributed by atoms with Crippen LogP contribution < -0.4 is 14.8 Å². The number of aromatic nitrogens is 3. The van der Waals surface area contributed by atoms with Gasteiger partial charge < -0.3 is 14.8 Å². The van der Waals surface area contributed by atoms with E-state index in [9.17, 15) is 0 Å². The van der Waals surface area contributed by atoms with Gasteiger partial charge in [-0.05, 0) is 91.9 Å². The van der Waals surface area contributed by atoms with Crippen molar-refractivity contribution in [2.24, 2.45) is 5.92 Å². The molecule has 0 radical (unpaired) electrons. The molecule has 0 unspecified atom stereocenters. The summed E-state index contributed by atoms with van der Waals surface area (Å²) in [6.45, 7) is 4.31. The van der Waals surface area contributed by atoms with E-state index < -0.39 is 5.82 Å². The van der Waals surface area contributed by atoms with E-state index in [2.05, 4.69) is 26.9 Å². The molecule has 1 fully saturated rings. The van der Waals surface area contributed by atoms with Gasteiger partial charge in [-0.1, -0.05) is 30.7 Å². The Morgan fingerprint density at radius 2 is 1.86 bits per heavy atom. The molecule has 0 aliphatic heterocycles. The summed E-state index contributed by atoms with van der Waals surface area (Å²) in [6, 6.07) is 13.1. The number of pyridine rings is 1. The zero-order valence-corrected chi connectivity index (χ0v) is 22.6. The van der Waals surface area contributed by atoms with E-state index in [0.29, 0.717) is 28.5 Å². The highest BCUT2D eigenvalue weighted by molar-refractivity contribution is 8.00. The van der Waals surface area contributed by atoms with Crippen LogP contribution in [0.2, 0.25) is 5.02 Å². The fraction of sp³-hybridized carbons (Fsp3) is 0.321. The molecule has 4 aromatic rings. The number of ether oxygens (including phenoxy) is 1. The van der Waals surface area contributed by atoms with Crippen LogP contribution in [-0.2, 0) is 0 Å². The summed E-state index contributed by atoms with van der Waals surface area (Å²) in [6.07, 6.45) is 6.56. The molecule has 0 bridgehead atoms. The van der Waals surface area contributed by atoms with Crippen LogP contribution in [0.1, 0.15) is 38.2 Å². The standard InChI is InChI=1S/C28H29ClFN5OS/c1-16-8-10-20(11-9-16)32-28-31-15-19-13-18(12-17(2)25(19)33-28)21-14-23(30)26(34-27(21)36-3)35-37-24-7-5-4-6-22(24)29/h4-7,12-16,20H,8-11H2,1-3H3,(H,34,35)(H,31,32,33). The van der Waals surface area contributed by atoms with E-state index >= 15 is 4.39 Å². The highest BCUT2D eigenvalue weighted by Gasteiger charge is 2.20. The zero-order chi connectivity index (χ0) is 25.9. The van der Waals surface area contributed by atoms with Crippen LogP contribution in [0.15, 0.2) is 53.6 Å². The summed E-state index contributed by atoms with van der Waals surface area (Å²) < 4.78 is 23.6. The van der Waals surface area contributed by atoms with Crippen LogP contribution in [-0.4, -0.2) is 28.1 Å². The molecule has 2 aromatic heterocycles. The van der Waals surface area contributed by atoms with Crippen molar-refractivity contribution in [1.29, 1.82) is 0 Å². The van der Waals surface area contributed by atoms with Gasteiger partial charge in [0.2, 0.25) is 11.8 Å². The van der Waals surface area contributed by atoms with Crippen LogP contribution in [0.5, 0.6) is 5.88 Å². The Morgan fingerprint density at radius 3 is 2.62 bits per heavy atom. The molecule has 0 atom stereocenters. The molecule has 9 heteroatoms. The molecular weight excluding hydrogens is 509 g/mol. The largest absolute Gasteiger partial charge is 0.480 e. The molecule has 2 aromatic carbocycles. The fourth-order valence-corrected chi connectivity index (χ4v) is 5.59. The van der Waals surface area contributed by atoms with E-state index in [1.165, 1.54) is 38.0 Å². The highest BCUT2D eigenvalue weighted by Crippen LogP contribution is 2.36. The number of nitrogens with zero attached hydrogens (tertiary/aromatic N) is 3. The maximum atomic E-state index is 15.1. The summed E-state index contributed by atoms with van der Waals surface area (Å²) in [4.78, 5) is 14.5. The van der Waals surface area contributed by atoms with Gasteiger partial charge in [0, 0.05) is 28.1 Å². The molecule has 0 amide bonds. The van der Waals surface area contributed by atoms with E-state index in [4.69, 9.17) is 21.3 Å². The molecule has 192 valence electrons. The Labute approximate surface area is 225 Å². The third-order valence-corrected chi connectivity index (χ3v) is 8.08. The number of aryl methyl sites for hydroxylation is 1. The predicted molar refractivity (Wildman–Crippen MR) is 150 cm³/mol. The van der Waals surface area contributed by atoms with Crippen LogP contribution in [0.4, 0.5) is 16.2 Å². The maximum Gasteiger partial charge on any atom is 0.223 e. The summed E-state index contributed by atoms with van der Waals surface area (Å²) in [7, 11) is 1.52. The van der Waals surface area contributed by atoms with Crippen molar-refractivity contribution in [2.75, 3.05) is 17.1 Å². The normalized spacial score (nSPS) is 17.5. The fourth-order valence-electron chi connectivity index (χ4n) is 4.67. The number of rotatable bonds is 7. The van der Waals surface area contributed by atoms with Crippen LogP contribution >= 0.6 is 23.5 Å². The average molecular weight is 538 g/mol. The third kappa shape index (κ3) is 5.75. The van der Waals surface area contributed by atoms with Gasteiger partial charge in [-0.3, -0.25) is 0 Å². The van der Waals surface area contributed by atoms with Gasteiger partial charge in [-0.2, -0.15) is 4.98 Å². The van der Waals surface area contributed by atoms with Gasteiger partial charge in [0.15, 0.2) is 11.6 Å². The van der Waals surface area contributed by atoms with Gasteiger partial charge in [-0.25, -0.2) is 14.4 Å². The number of methoxy groups -OCH3 is 1. The first-order chi connectivity index (χ1) is 17.9. The Balaban J connectivity index is 1.40. The summed E-state index contributed by atoms with van der Waals surface area (Å²) in [5, 5.41) is 4.95. The van der Waals surface area contributed by atoms with Gasteiger partial charge >= 0.3 is 0 Å². The second kappa shape index (κ2) is 11.1. The smallest absolute Gasteiger partial charge is 0.223 e. The van der Waals surface area contributed by atoms with Crippen molar-refractivity contribution >= 4 is 46.2 Å². The van der Waals surface area contributed by atoms with E-state index in [-0.39, 0.29) is 5.82 Å². The molecule has 2 heterocycles. The maximum absolute atomic E-state index is 15.1. The molecular formula is C28H29ClFN5OS. The Hall–Kier alpha value is -3.10. The van der Waals surface area contributed by atoms with Gasteiger partial charge in [0.25, 0.3) is 0 Å². The summed E-state index contributed by atoms with van der Waals surface area (Å²) in [5.74, 6) is 1.33. The minimum atomic E-state index is -0.495. The lowest BCUT2D eigenvalue weighted by atomic mass is 9.87. The van der Waals surface area contributed by atoms with E-state index in [1.807, 2.05) is 43.5 Å². The van der Waals surface area contributed by atoms with Crippen molar-refractivity contribution in [3.8, 4) is 17.0 Å². The number of anilines is 2. The first-order valence-corrected chi connectivity index (χ1v) is 13.6. The van der Waals surface area contributed by atoms with Crippen molar-refractivity contribution in [3.05, 3.63) is 65.1 Å². The minimum absolute atomic E-state index is 0.0687. The first kappa shape index (κ1) is 25.5. The summed E-state index contributed by atoms with van der Waals surface area (Å²) >= 11 is 7.40. The number of fused-ring (bicyclic) bond motifs is 1. The first-order valence-electron chi connectivity index (χ1n) is 12.4. The van der Waals surface area contributed by atoms with Gasteiger partial charge in [-0.15, -0.1) is 0 Å². The second-order valence-corrected chi connectivity index (χ2v) is 10.8. The van der Waals surface area contributed by atoms with Gasteiger partial charge in [0.05, 0.1) is 17.6 Å². The van der Waals surface area contributed by atoms with Crippen molar-refractivity contribution < 1.29 is 9.13 Å². The number of benzene rings is 2. The van der Waals surface area contributed by atoms with Crippen molar-refractivity contribution in [3.63, 3.8) is 0 Å². The Kier molecular flexibility index (Phi) is 7.67. The number of halogens is 2. The van der Waals surface area contributed by atoms with Crippen molar-refractivity contribution in [1.82, 2.24) is 15.0 Å². The Morgan fingerprint density at radius 1 is 1.08 bits per heavy atom. The van der Waals surface area contributed by atoms with Crippen LogP contribution in [0.25, 0.3) is 22.0 Å². The molecule has 1 aliphatic carbocycles. The lowest BCUT2D eigenvalue weighted by Crippen LogP contribution is -2.26. The van der Waals surface area contributed by atoms with Gasteiger partial charge in [0.1, 0.15) is 0 Å². The lowest BCUT2D eigenvalue weighted by Gasteiger charge is -2.26. The highest BCUT2D eigenvalue weighted by atomic mass is 35.5. The van der Waals surface area contributed by atoms with Crippen LogP contribution in [0, 0.1) is 18.7 Å². The number of hydrogen-bond donors (Lipinski definition) is 2. The number of hydrogen-bond acceptors (Lipinski definition) is 7. The van der Waals surface area contributed by atoms with Crippen molar-refractivity contribution in [2.45, 2.75) is 50.5 Å². The topological polar surface area (TPSA) is 72.0 Å². The quantitative estimate of drug-likeness (QED) is 0.232. The SMILES string of the molecule is COc1nc(NSc2ccccc2Cl)c(F)cc1-c1cc(C)c2nc(NC3CCC(C)CC3)ncc2c1. The zero-order valence-electron chi connectivity index (χ0n) is 21.0. The Bertz CT molecular complexity index is 1430. The molecule has 6 nitrogen and oxygen atoms in total. The molecule has 0 spiro atoms. The minimum Gasteiger partial charge on any atom is -0.480 e. The molecule has 1 saturated carbocycles. The monoisotopic (exact) mass is 537 g/mol. The molecule has 37 heavy (non-hydrogen) atoms. The number of nitrogens with one attached hydrogen (secondary N) is 2. The predicted octanol–water partition coefficient (Wildman–Crippen LogP) is 7.91. The molecule has 2 N–H and O–H groups in total. The third-order valence-electron chi connectivity index (χ3n) is 6.76. The molecule has 1 aliphatic rings. The average Bonchev–Trinajstić information content (AvgIpc) is 2.90. The summed E-state index contributed by atoms with van der Waals surface area (Å²) in [5.41, 5.74) is 3.17. The van der Waals surface area contributed by atoms with E-state index in [0.717, 1.165) is 45.7 Å². The van der Waals surface area contributed by atoms with E-state index in [1.54, 1.807) is 6.07 Å².